The van der Waals surface area contributed by atoms with Gasteiger partial charge in [0.2, 0.25) is 0 Å². The van der Waals surface area contributed by atoms with Gasteiger partial charge in [-0.2, -0.15) is 0 Å². The van der Waals surface area contributed by atoms with Crippen molar-refractivity contribution < 1.29 is 4.79 Å². The molecule has 0 N–H and O–H groups in total. The highest BCUT2D eigenvalue weighted by atomic mass is 35.5. The molecule has 3 aromatic rings. The van der Waals surface area contributed by atoms with Gasteiger partial charge in [-0.25, -0.2) is 9.97 Å². The van der Waals surface area contributed by atoms with Gasteiger partial charge in [-0.05, 0) is 23.7 Å². The number of carbonyl (C=O) groups is 1. The summed E-state index contributed by atoms with van der Waals surface area (Å²) >= 11 is 6.97. The molecular formula is C11H5ClN2OS. The predicted molar refractivity (Wildman–Crippen MR) is 65.1 cm³/mol. The highest BCUT2D eigenvalue weighted by molar-refractivity contribution is 7.25. The average Bonchev–Trinajstić information content (AvgIpc) is 2.66. The highest BCUT2D eigenvalue weighted by Gasteiger charge is 2.08. The van der Waals surface area contributed by atoms with Crippen LogP contribution < -0.4 is 0 Å². The molecule has 0 aliphatic rings. The first-order valence-electron chi connectivity index (χ1n) is 4.58. The minimum Gasteiger partial charge on any atom is -0.276 e. The van der Waals surface area contributed by atoms with E-state index >= 15 is 0 Å². The summed E-state index contributed by atoms with van der Waals surface area (Å²) < 4.78 is 1.00. The van der Waals surface area contributed by atoms with Gasteiger partial charge in [0.15, 0.2) is 0 Å². The minimum atomic E-state index is -0.439. The molecule has 0 unspecified atom stereocenters. The zero-order chi connectivity index (χ0) is 11.1. The van der Waals surface area contributed by atoms with Crippen LogP contribution in [0, 0.1) is 0 Å². The lowest BCUT2D eigenvalue weighted by Crippen LogP contribution is -1.86. The van der Waals surface area contributed by atoms with Crippen LogP contribution in [0.25, 0.3) is 20.3 Å². The van der Waals surface area contributed by atoms with Crippen molar-refractivity contribution in [1.82, 2.24) is 9.97 Å². The van der Waals surface area contributed by atoms with E-state index in [9.17, 15) is 4.79 Å². The molecule has 2 heterocycles. The Morgan fingerprint density at radius 2 is 2.19 bits per heavy atom. The van der Waals surface area contributed by atoms with Crippen LogP contribution in [0.3, 0.4) is 0 Å². The van der Waals surface area contributed by atoms with Crippen molar-refractivity contribution in [1.29, 1.82) is 0 Å². The van der Waals surface area contributed by atoms with E-state index in [0.717, 1.165) is 20.3 Å². The van der Waals surface area contributed by atoms with E-state index in [-0.39, 0.29) is 0 Å². The quantitative estimate of drug-likeness (QED) is 0.621. The monoisotopic (exact) mass is 248 g/mol. The lowest BCUT2D eigenvalue weighted by molar-refractivity contribution is 0.108. The van der Waals surface area contributed by atoms with Gasteiger partial charge < -0.3 is 0 Å². The summed E-state index contributed by atoms with van der Waals surface area (Å²) in [6.07, 6.45) is 3.30. The topological polar surface area (TPSA) is 42.9 Å². The highest BCUT2D eigenvalue weighted by Crippen LogP contribution is 2.32. The summed E-state index contributed by atoms with van der Waals surface area (Å²) in [7, 11) is 0. The number of halogens is 1. The molecule has 5 heteroatoms. The van der Waals surface area contributed by atoms with E-state index in [0.29, 0.717) is 5.56 Å². The van der Waals surface area contributed by atoms with Gasteiger partial charge in [-0.1, -0.05) is 6.07 Å². The molecule has 0 spiro atoms. The number of thiophene rings is 1. The fraction of sp³-hybridized carbons (Fsp3) is 0. The molecule has 0 amide bonds. The van der Waals surface area contributed by atoms with Gasteiger partial charge in [0.05, 0.1) is 0 Å². The Labute approximate surface area is 99.7 Å². The summed E-state index contributed by atoms with van der Waals surface area (Å²) in [5, 5.41) is 1.63. The largest absolute Gasteiger partial charge is 0.276 e. The second-order valence-corrected chi connectivity index (χ2v) is 4.70. The van der Waals surface area contributed by atoms with E-state index in [1.165, 1.54) is 17.7 Å². The van der Waals surface area contributed by atoms with Gasteiger partial charge in [0.1, 0.15) is 11.2 Å². The first kappa shape index (κ1) is 9.69. The summed E-state index contributed by atoms with van der Waals surface area (Å²) in [4.78, 5) is 20.1. The zero-order valence-electron chi connectivity index (χ0n) is 7.98. The number of rotatable bonds is 1. The van der Waals surface area contributed by atoms with Gasteiger partial charge in [0.25, 0.3) is 5.24 Å². The molecule has 0 aliphatic heterocycles. The maximum absolute atomic E-state index is 11.0. The van der Waals surface area contributed by atoms with Crippen LogP contribution in [-0.2, 0) is 0 Å². The average molecular weight is 249 g/mol. The Hall–Kier alpha value is -1.52. The van der Waals surface area contributed by atoms with Crippen molar-refractivity contribution in [2.24, 2.45) is 0 Å². The third kappa shape index (κ3) is 1.38. The summed E-state index contributed by atoms with van der Waals surface area (Å²) in [6, 6.07) is 5.39. The van der Waals surface area contributed by atoms with Crippen LogP contribution in [0.2, 0.25) is 0 Å². The Bertz CT molecular complexity index is 707. The predicted octanol–water partition coefficient (Wildman–Crippen LogP) is 3.22. The van der Waals surface area contributed by atoms with Gasteiger partial charge in [0, 0.05) is 27.2 Å². The molecule has 2 aromatic heterocycles. The smallest absolute Gasteiger partial charge is 0.252 e. The molecular weight excluding hydrogens is 244 g/mol. The maximum atomic E-state index is 11.0. The molecule has 78 valence electrons. The zero-order valence-corrected chi connectivity index (χ0v) is 9.55. The molecule has 0 bridgehead atoms. The lowest BCUT2D eigenvalue weighted by Gasteiger charge is -1.93. The molecule has 0 atom stereocenters. The molecule has 3 rings (SSSR count). The second kappa shape index (κ2) is 3.50. The SMILES string of the molecule is O=C(Cl)c1ccc2c(c1)sc1ncncc12. The first-order chi connectivity index (χ1) is 7.75. The summed E-state index contributed by atoms with van der Waals surface area (Å²) in [5.74, 6) is 0. The van der Waals surface area contributed by atoms with Gasteiger partial charge in [-0.15, -0.1) is 11.3 Å². The van der Waals surface area contributed by atoms with Crippen LogP contribution in [0.4, 0.5) is 0 Å². The van der Waals surface area contributed by atoms with Gasteiger partial charge in [-0.3, -0.25) is 4.79 Å². The summed E-state index contributed by atoms with van der Waals surface area (Å²) in [6.45, 7) is 0. The van der Waals surface area contributed by atoms with E-state index in [1.807, 2.05) is 6.07 Å². The molecule has 0 aliphatic carbocycles. The minimum absolute atomic E-state index is 0.439. The fourth-order valence-corrected chi connectivity index (χ4v) is 2.81. The Morgan fingerprint density at radius 3 is 3.00 bits per heavy atom. The number of carbonyl (C=O) groups excluding carboxylic acids is 1. The van der Waals surface area contributed by atoms with Crippen molar-refractivity contribution in [3.63, 3.8) is 0 Å². The van der Waals surface area contributed by atoms with E-state index in [4.69, 9.17) is 11.6 Å². The third-order valence-electron chi connectivity index (χ3n) is 2.38. The fourth-order valence-electron chi connectivity index (χ4n) is 1.64. The standard InChI is InChI=1S/C11H5ClN2OS/c12-10(15)6-1-2-7-8-4-13-5-14-11(8)16-9(7)3-6/h1-5H. The van der Waals surface area contributed by atoms with Crippen LogP contribution in [0.1, 0.15) is 10.4 Å². The first-order valence-corrected chi connectivity index (χ1v) is 5.77. The molecule has 16 heavy (non-hydrogen) atoms. The molecule has 0 saturated carbocycles. The molecule has 1 aromatic carbocycles. The van der Waals surface area contributed by atoms with Crippen molar-refractivity contribution in [3.05, 3.63) is 36.3 Å². The number of hydrogen-bond acceptors (Lipinski definition) is 4. The van der Waals surface area contributed by atoms with Crippen molar-refractivity contribution in [3.8, 4) is 0 Å². The molecule has 0 saturated heterocycles. The van der Waals surface area contributed by atoms with Crippen LogP contribution in [0.5, 0.6) is 0 Å². The number of benzene rings is 1. The van der Waals surface area contributed by atoms with Crippen LogP contribution in [-0.4, -0.2) is 15.2 Å². The lowest BCUT2D eigenvalue weighted by atomic mass is 10.1. The summed E-state index contributed by atoms with van der Waals surface area (Å²) in [5.41, 5.74) is 0.508. The van der Waals surface area contributed by atoms with E-state index in [2.05, 4.69) is 9.97 Å². The third-order valence-corrected chi connectivity index (χ3v) is 3.68. The van der Waals surface area contributed by atoms with Crippen LogP contribution >= 0.6 is 22.9 Å². The Morgan fingerprint density at radius 1 is 1.31 bits per heavy atom. The van der Waals surface area contributed by atoms with Gasteiger partial charge >= 0.3 is 0 Å². The Balaban J connectivity index is 2.41. The number of nitrogens with zero attached hydrogens (tertiary/aromatic N) is 2. The molecule has 0 radical (unpaired) electrons. The molecule has 3 nitrogen and oxygen atoms in total. The second-order valence-electron chi connectivity index (χ2n) is 3.33. The number of hydrogen-bond donors (Lipinski definition) is 0. The van der Waals surface area contributed by atoms with Crippen molar-refractivity contribution in [2.75, 3.05) is 0 Å². The number of aromatic nitrogens is 2. The van der Waals surface area contributed by atoms with Crippen LogP contribution in [0.15, 0.2) is 30.7 Å². The van der Waals surface area contributed by atoms with E-state index in [1.54, 1.807) is 18.3 Å². The number of fused-ring (bicyclic) bond motifs is 3. The van der Waals surface area contributed by atoms with E-state index < -0.39 is 5.24 Å². The molecule has 0 fully saturated rings. The van der Waals surface area contributed by atoms with Crippen molar-refractivity contribution >= 4 is 48.5 Å². The Kier molecular flexibility index (Phi) is 2.12. The van der Waals surface area contributed by atoms with Crippen molar-refractivity contribution in [2.45, 2.75) is 0 Å². The maximum Gasteiger partial charge on any atom is 0.252 e. The normalized spacial score (nSPS) is 11.1.